The first kappa shape index (κ1) is 16.1. The summed E-state index contributed by atoms with van der Waals surface area (Å²) in [4.78, 5) is 13.0. The summed E-state index contributed by atoms with van der Waals surface area (Å²) in [5, 5.41) is 13.5. The Labute approximate surface area is 133 Å². The van der Waals surface area contributed by atoms with Gasteiger partial charge in [-0.3, -0.25) is 4.79 Å². The van der Waals surface area contributed by atoms with Gasteiger partial charge in [-0.15, -0.1) is 11.8 Å². The van der Waals surface area contributed by atoms with Crippen LogP contribution < -0.4 is 10.6 Å². The van der Waals surface area contributed by atoms with Gasteiger partial charge in [-0.25, -0.2) is 0 Å². The number of hydrogen-bond donors (Lipinski definition) is 2. The van der Waals surface area contributed by atoms with Crippen LogP contribution >= 0.6 is 11.8 Å². The highest BCUT2D eigenvalue weighted by atomic mass is 32.2. The molecule has 6 heteroatoms. The highest BCUT2D eigenvalue weighted by Crippen LogP contribution is 2.26. The molecule has 1 atom stereocenters. The first-order valence-corrected chi connectivity index (χ1v) is 7.94. The number of nitrogens with one attached hydrogen (secondary N) is 1. The van der Waals surface area contributed by atoms with Gasteiger partial charge in [0.25, 0.3) is 5.91 Å². The molecule has 0 radical (unpaired) electrons. The van der Waals surface area contributed by atoms with E-state index in [0.29, 0.717) is 12.3 Å². The molecule has 1 aromatic heterocycles. The molecular weight excluding hydrogens is 298 g/mol. The van der Waals surface area contributed by atoms with Crippen LogP contribution in [0.1, 0.15) is 18.7 Å². The van der Waals surface area contributed by atoms with Gasteiger partial charge >= 0.3 is 0 Å². The van der Waals surface area contributed by atoms with Crippen LogP contribution in [0.4, 0.5) is 5.69 Å². The summed E-state index contributed by atoms with van der Waals surface area (Å²) in [7, 11) is 0. The lowest BCUT2D eigenvalue weighted by atomic mass is 10.2. The van der Waals surface area contributed by atoms with E-state index in [9.17, 15) is 4.79 Å². The molecule has 0 saturated carbocycles. The minimum atomic E-state index is -0.0802. The summed E-state index contributed by atoms with van der Waals surface area (Å²) >= 11 is 1.41. The third-order valence-corrected chi connectivity index (χ3v) is 4.04. The summed E-state index contributed by atoms with van der Waals surface area (Å²) < 4.78 is 5.31. The second kappa shape index (κ2) is 8.27. The fourth-order valence-electron chi connectivity index (χ4n) is 1.96. The highest BCUT2D eigenvalue weighted by molar-refractivity contribution is 7.99. The van der Waals surface area contributed by atoms with Crippen LogP contribution in [-0.4, -0.2) is 18.2 Å². The van der Waals surface area contributed by atoms with Gasteiger partial charge in [0.2, 0.25) is 0 Å². The van der Waals surface area contributed by atoms with E-state index in [-0.39, 0.29) is 11.9 Å². The Morgan fingerprint density at radius 2 is 2.23 bits per heavy atom. The van der Waals surface area contributed by atoms with Crippen LogP contribution in [0.25, 0.3) is 0 Å². The normalized spacial score (nSPS) is 11.6. The van der Waals surface area contributed by atoms with Crippen molar-refractivity contribution >= 4 is 23.4 Å². The van der Waals surface area contributed by atoms with Gasteiger partial charge in [0.05, 0.1) is 23.8 Å². The Morgan fingerprint density at radius 3 is 2.95 bits per heavy atom. The molecule has 0 aliphatic carbocycles. The standard InChI is InChI=1S/C16H17N3O2S/c1-12(14-6-4-9-21-14)18-11-16(20)19-13-5-2-3-7-15(13)22-10-8-17/h2-7,9,12,18H,10-11H2,1H3,(H,19,20)/p+1/t12-/m1/s1. The molecule has 0 unspecified atom stereocenters. The predicted molar refractivity (Wildman–Crippen MR) is 85.3 cm³/mol. The molecular formula is C16H18N3O2S+. The summed E-state index contributed by atoms with van der Waals surface area (Å²) in [6.45, 7) is 2.29. The van der Waals surface area contributed by atoms with Gasteiger partial charge in [0.1, 0.15) is 6.04 Å². The zero-order valence-electron chi connectivity index (χ0n) is 12.3. The second-order valence-corrected chi connectivity index (χ2v) is 5.75. The minimum Gasteiger partial charge on any atom is -0.463 e. The number of para-hydroxylation sites is 1. The molecule has 114 valence electrons. The molecule has 5 nitrogen and oxygen atoms in total. The molecule has 0 bridgehead atoms. The van der Waals surface area contributed by atoms with Gasteiger partial charge in [-0.2, -0.15) is 5.26 Å². The van der Waals surface area contributed by atoms with Gasteiger partial charge < -0.3 is 15.1 Å². The average molecular weight is 316 g/mol. The molecule has 0 aliphatic rings. The van der Waals surface area contributed by atoms with Crippen molar-refractivity contribution in [3.8, 4) is 6.07 Å². The number of rotatable bonds is 7. The summed E-state index contributed by atoms with van der Waals surface area (Å²) in [5.74, 6) is 1.12. The van der Waals surface area contributed by atoms with Crippen molar-refractivity contribution < 1.29 is 14.5 Å². The van der Waals surface area contributed by atoms with E-state index in [1.165, 1.54) is 11.8 Å². The zero-order valence-corrected chi connectivity index (χ0v) is 13.1. The molecule has 0 aliphatic heterocycles. The zero-order chi connectivity index (χ0) is 15.8. The Bertz CT molecular complexity index is 650. The van der Waals surface area contributed by atoms with Crippen LogP contribution in [0.15, 0.2) is 52.0 Å². The Morgan fingerprint density at radius 1 is 1.41 bits per heavy atom. The fraction of sp³-hybridized carbons (Fsp3) is 0.250. The number of nitriles is 1. The number of hydrogen-bond acceptors (Lipinski definition) is 4. The minimum absolute atomic E-state index is 0.0802. The summed E-state index contributed by atoms with van der Waals surface area (Å²) in [6.07, 6.45) is 1.63. The van der Waals surface area contributed by atoms with E-state index < -0.39 is 0 Å². The van der Waals surface area contributed by atoms with E-state index in [1.807, 2.05) is 48.6 Å². The number of carbonyl (C=O) groups is 1. The molecule has 2 aromatic rings. The quantitative estimate of drug-likeness (QED) is 0.767. The van der Waals surface area contributed by atoms with Crippen LogP contribution in [0.3, 0.4) is 0 Å². The number of furan rings is 1. The lowest BCUT2D eigenvalue weighted by molar-refractivity contribution is -0.684. The van der Waals surface area contributed by atoms with Crippen molar-refractivity contribution in [2.24, 2.45) is 0 Å². The molecule has 0 fully saturated rings. The second-order valence-electron chi connectivity index (χ2n) is 4.74. The highest BCUT2D eigenvalue weighted by Gasteiger charge is 2.14. The third kappa shape index (κ3) is 4.65. The smallest absolute Gasteiger partial charge is 0.279 e. The van der Waals surface area contributed by atoms with Crippen molar-refractivity contribution in [2.75, 3.05) is 17.6 Å². The van der Waals surface area contributed by atoms with Crippen molar-refractivity contribution in [1.29, 1.82) is 5.26 Å². The number of benzene rings is 1. The third-order valence-electron chi connectivity index (χ3n) is 3.10. The summed E-state index contributed by atoms with van der Waals surface area (Å²) in [5.41, 5.74) is 0.742. The van der Waals surface area contributed by atoms with Crippen molar-refractivity contribution in [2.45, 2.75) is 17.9 Å². The molecule has 1 amide bonds. The fourth-order valence-corrected chi connectivity index (χ4v) is 2.63. The van der Waals surface area contributed by atoms with Crippen LogP contribution in [0, 0.1) is 11.3 Å². The van der Waals surface area contributed by atoms with E-state index >= 15 is 0 Å². The van der Waals surface area contributed by atoms with Crippen molar-refractivity contribution in [3.05, 3.63) is 48.4 Å². The Kier molecular flexibility index (Phi) is 6.07. The van der Waals surface area contributed by atoms with Gasteiger partial charge in [0, 0.05) is 4.90 Å². The van der Waals surface area contributed by atoms with E-state index in [4.69, 9.17) is 9.68 Å². The first-order chi connectivity index (χ1) is 10.7. The topological polar surface area (TPSA) is 82.6 Å². The lowest BCUT2D eigenvalue weighted by Gasteiger charge is -2.11. The maximum absolute atomic E-state index is 12.1. The number of thioether (sulfide) groups is 1. The van der Waals surface area contributed by atoms with Crippen LogP contribution in [-0.2, 0) is 4.79 Å². The molecule has 3 N–H and O–H groups in total. The number of nitrogens with two attached hydrogens (primary N) is 1. The van der Waals surface area contributed by atoms with Gasteiger partial charge in [0.15, 0.2) is 12.3 Å². The van der Waals surface area contributed by atoms with E-state index in [0.717, 1.165) is 16.3 Å². The monoisotopic (exact) mass is 316 g/mol. The maximum atomic E-state index is 12.1. The number of amides is 1. The molecule has 22 heavy (non-hydrogen) atoms. The molecule has 1 aromatic carbocycles. The predicted octanol–water partition coefficient (Wildman–Crippen LogP) is 2.16. The molecule has 1 heterocycles. The average Bonchev–Trinajstić information content (AvgIpc) is 3.06. The Hall–Kier alpha value is -2.23. The summed E-state index contributed by atoms with van der Waals surface area (Å²) in [6, 6.07) is 13.4. The number of quaternary nitrogens is 1. The first-order valence-electron chi connectivity index (χ1n) is 6.96. The lowest BCUT2D eigenvalue weighted by Crippen LogP contribution is -2.86. The number of nitrogens with zero attached hydrogens (tertiary/aromatic N) is 1. The van der Waals surface area contributed by atoms with Crippen molar-refractivity contribution in [1.82, 2.24) is 0 Å². The van der Waals surface area contributed by atoms with E-state index in [1.54, 1.807) is 6.26 Å². The van der Waals surface area contributed by atoms with Gasteiger partial charge in [-0.1, -0.05) is 12.1 Å². The Balaban J connectivity index is 1.88. The van der Waals surface area contributed by atoms with Gasteiger partial charge in [-0.05, 0) is 31.2 Å². The van der Waals surface area contributed by atoms with Crippen molar-refractivity contribution in [3.63, 3.8) is 0 Å². The number of anilines is 1. The SMILES string of the molecule is C[C@@H]([NH2+]CC(=O)Nc1ccccc1SCC#N)c1ccco1. The molecule has 2 rings (SSSR count). The number of carbonyl (C=O) groups excluding carboxylic acids is 1. The van der Waals surface area contributed by atoms with Crippen LogP contribution in [0.5, 0.6) is 0 Å². The maximum Gasteiger partial charge on any atom is 0.279 e. The largest absolute Gasteiger partial charge is 0.463 e. The van der Waals surface area contributed by atoms with E-state index in [2.05, 4.69) is 11.4 Å². The molecule has 0 spiro atoms. The molecule has 0 saturated heterocycles. The van der Waals surface area contributed by atoms with Crippen LogP contribution in [0.2, 0.25) is 0 Å².